The number of carbonyl (C=O) groups excluding carboxylic acids is 2. The van der Waals surface area contributed by atoms with Gasteiger partial charge in [-0.3, -0.25) is 4.79 Å². The van der Waals surface area contributed by atoms with Crippen molar-refractivity contribution in [3.8, 4) is 0 Å². The van der Waals surface area contributed by atoms with Crippen molar-refractivity contribution in [2.45, 2.75) is 26.8 Å². The van der Waals surface area contributed by atoms with E-state index in [1.807, 2.05) is 20.8 Å². The lowest BCUT2D eigenvalue weighted by atomic mass is 10.1. The van der Waals surface area contributed by atoms with Crippen LogP contribution in [0.3, 0.4) is 0 Å². The van der Waals surface area contributed by atoms with Crippen LogP contribution in [-0.2, 0) is 14.3 Å². The summed E-state index contributed by atoms with van der Waals surface area (Å²) in [5.74, 6) is -0.0581. The lowest BCUT2D eigenvalue weighted by Crippen LogP contribution is -2.38. The van der Waals surface area contributed by atoms with Crippen molar-refractivity contribution in [1.29, 1.82) is 0 Å². The highest BCUT2D eigenvalue weighted by Crippen LogP contribution is 2.14. The molecule has 0 aliphatic heterocycles. The second kappa shape index (κ2) is 7.89. The number of furan rings is 1. The van der Waals surface area contributed by atoms with Crippen molar-refractivity contribution in [3.63, 3.8) is 0 Å². The summed E-state index contributed by atoms with van der Waals surface area (Å²) >= 11 is 3.15. The number of rotatable bonds is 6. The van der Waals surface area contributed by atoms with Crippen LogP contribution < -0.4 is 5.32 Å². The third-order valence-corrected chi connectivity index (χ3v) is 3.14. The normalized spacial score (nSPS) is 12.7. The summed E-state index contributed by atoms with van der Waals surface area (Å²) in [6, 6.07) is 3.45. The van der Waals surface area contributed by atoms with Gasteiger partial charge in [0, 0.05) is 12.1 Å². The third kappa shape index (κ3) is 6.06. The number of halogens is 1. The van der Waals surface area contributed by atoms with Crippen LogP contribution in [0.15, 0.2) is 27.3 Å². The van der Waals surface area contributed by atoms with Gasteiger partial charge < -0.3 is 14.5 Å². The van der Waals surface area contributed by atoms with E-state index < -0.39 is 5.97 Å². The summed E-state index contributed by atoms with van der Waals surface area (Å²) in [7, 11) is 0. The highest BCUT2D eigenvalue weighted by Gasteiger charge is 2.11. The smallest absolute Gasteiger partial charge is 0.331 e. The van der Waals surface area contributed by atoms with Gasteiger partial charge in [-0.15, -0.1) is 0 Å². The Balaban J connectivity index is 2.33. The second-order valence-corrected chi connectivity index (χ2v) is 5.46. The quantitative estimate of drug-likeness (QED) is 0.636. The van der Waals surface area contributed by atoms with Crippen molar-refractivity contribution in [2.75, 3.05) is 6.61 Å². The van der Waals surface area contributed by atoms with Crippen LogP contribution in [0.25, 0.3) is 6.08 Å². The summed E-state index contributed by atoms with van der Waals surface area (Å²) < 4.78 is 10.6. The number of ether oxygens (including phenoxy) is 1. The van der Waals surface area contributed by atoms with E-state index in [-0.39, 0.29) is 18.6 Å². The van der Waals surface area contributed by atoms with Gasteiger partial charge in [0.1, 0.15) is 5.76 Å². The fourth-order valence-corrected chi connectivity index (χ4v) is 1.53. The van der Waals surface area contributed by atoms with Gasteiger partial charge in [-0.25, -0.2) is 4.79 Å². The topological polar surface area (TPSA) is 68.5 Å². The SMILES string of the molecule is CC(C)[C@H](C)NC(=O)COC(=O)/C=C/c1ccc(Br)o1. The van der Waals surface area contributed by atoms with E-state index in [9.17, 15) is 9.59 Å². The van der Waals surface area contributed by atoms with Crippen molar-refractivity contribution in [1.82, 2.24) is 5.32 Å². The van der Waals surface area contributed by atoms with Gasteiger partial charge in [0.2, 0.25) is 0 Å². The number of hydrogen-bond donors (Lipinski definition) is 1. The van der Waals surface area contributed by atoms with Gasteiger partial charge in [-0.1, -0.05) is 13.8 Å². The minimum Gasteiger partial charge on any atom is -0.452 e. The summed E-state index contributed by atoms with van der Waals surface area (Å²) in [5.41, 5.74) is 0. The molecule has 20 heavy (non-hydrogen) atoms. The molecule has 1 rings (SSSR count). The number of nitrogens with one attached hydrogen (secondary N) is 1. The van der Waals surface area contributed by atoms with Gasteiger partial charge >= 0.3 is 5.97 Å². The molecule has 0 aromatic carbocycles. The fourth-order valence-electron chi connectivity index (χ4n) is 1.22. The fraction of sp³-hybridized carbons (Fsp3) is 0.429. The molecule has 0 unspecified atom stereocenters. The molecular formula is C14H18BrNO4. The van der Waals surface area contributed by atoms with E-state index in [2.05, 4.69) is 21.2 Å². The minimum absolute atomic E-state index is 0.0391. The summed E-state index contributed by atoms with van der Waals surface area (Å²) in [6.45, 7) is 5.61. The molecule has 0 saturated carbocycles. The molecule has 1 atom stereocenters. The van der Waals surface area contributed by atoms with Crippen LogP contribution >= 0.6 is 15.9 Å². The summed E-state index contributed by atoms with van der Waals surface area (Å²) in [6.07, 6.45) is 2.69. The molecule has 0 spiro atoms. The molecule has 110 valence electrons. The summed E-state index contributed by atoms with van der Waals surface area (Å²) in [4.78, 5) is 22.9. The number of hydrogen-bond acceptors (Lipinski definition) is 4. The summed E-state index contributed by atoms with van der Waals surface area (Å²) in [5, 5.41) is 2.75. The maximum atomic E-state index is 11.5. The number of esters is 1. The predicted molar refractivity (Wildman–Crippen MR) is 78.8 cm³/mol. The number of amides is 1. The Kier molecular flexibility index (Phi) is 6.51. The molecule has 1 amide bonds. The Bertz CT molecular complexity index is 493. The van der Waals surface area contributed by atoms with Crippen LogP contribution in [-0.4, -0.2) is 24.5 Å². The predicted octanol–water partition coefficient (Wildman–Crippen LogP) is 2.76. The standard InChI is InChI=1S/C14H18BrNO4/c1-9(2)10(3)16-13(17)8-19-14(18)7-5-11-4-6-12(15)20-11/h4-7,9-10H,8H2,1-3H3,(H,16,17)/b7-5+/t10-/m0/s1. The van der Waals surface area contributed by atoms with Crippen LogP contribution in [0, 0.1) is 5.92 Å². The Morgan fingerprint density at radius 2 is 2.10 bits per heavy atom. The highest BCUT2D eigenvalue weighted by molar-refractivity contribution is 9.10. The first-order valence-corrected chi connectivity index (χ1v) is 7.07. The third-order valence-electron chi connectivity index (χ3n) is 2.71. The average molecular weight is 344 g/mol. The van der Waals surface area contributed by atoms with E-state index in [1.54, 1.807) is 12.1 Å². The molecule has 0 fully saturated rings. The largest absolute Gasteiger partial charge is 0.452 e. The molecular weight excluding hydrogens is 326 g/mol. The maximum Gasteiger partial charge on any atom is 0.331 e. The van der Waals surface area contributed by atoms with E-state index in [1.165, 1.54) is 12.2 Å². The van der Waals surface area contributed by atoms with Gasteiger partial charge in [0.25, 0.3) is 5.91 Å². The van der Waals surface area contributed by atoms with E-state index >= 15 is 0 Å². The zero-order valence-corrected chi connectivity index (χ0v) is 13.3. The Labute approximate surface area is 126 Å². The molecule has 1 aromatic heterocycles. The molecule has 0 aliphatic carbocycles. The van der Waals surface area contributed by atoms with Crippen LogP contribution in [0.2, 0.25) is 0 Å². The van der Waals surface area contributed by atoms with Crippen molar-refractivity contribution in [2.24, 2.45) is 5.92 Å². The molecule has 0 bridgehead atoms. The number of carbonyl (C=O) groups is 2. The van der Waals surface area contributed by atoms with Gasteiger partial charge in [0.15, 0.2) is 11.3 Å². The van der Waals surface area contributed by atoms with Crippen LogP contribution in [0.4, 0.5) is 0 Å². The van der Waals surface area contributed by atoms with Crippen LogP contribution in [0.1, 0.15) is 26.5 Å². The Morgan fingerprint density at radius 3 is 2.65 bits per heavy atom. The van der Waals surface area contributed by atoms with E-state index in [4.69, 9.17) is 9.15 Å². The molecule has 0 aliphatic rings. The second-order valence-electron chi connectivity index (χ2n) is 4.68. The first kappa shape index (κ1) is 16.5. The van der Waals surface area contributed by atoms with E-state index in [0.717, 1.165) is 0 Å². The maximum absolute atomic E-state index is 11.5. The Morgan fingerprint density at radius 1 is 1.40 bits per heavy atom. The highest BCUT2D eigenvalue weighted by atomic mass is 79.9. The first-order valence-electron chi connectivity index (χ1n) is 6.28. The van der Waals surface area contributed by atoms with E-state index in [0.29, 0.717) is 16.3 Å². The molecule has 1 N–H and O–H groups in total. The van der Waals surface area contributed by atoms with Crippen LogP contribution in [0.5, 0.6) is 0 Å². The van der Waals surface area contributed by atoms with Crippen molar-refractivity contribution in [3.05, 3.63) is 28.6 Å². The molecule has 0 saturated heterocycles. The van der Waals surface area contributed by atoms with Gasteiger partial charge in [-0.05, 0) is 47.0 Å². The van der Waals surface area contributed by atoms with Crippen molar-refractivity contribution < 1.29 is 18.7 Å². The molecule has 5 nitrogen and oxygen atoms in total. The monoisotopic (exact) mass is 343 g/mol. The minimum atomic E-state index is -0.593. The lowest BCUT2D eigenvalue weighted by molar-refractivity contribution is -0.144. The van der Waals surface area contributed by atoms with Crippen molar-refractivity contribution >= 4 is 33.9 Å². The van der Waals surface area contributed by atoms with Gasteiger partial charge in [0.05, 0.1) is 0 Å². The molecule has 1 heterocycles. The molecule has 0 radical (unpaired) electrons. The molecule has 1 aromatic rings. The first-order chi connectivity index (χ1) is 9.38. The Hall–Kier alpha value is -1.56. The average Bonchev–Trinajstić information content (AvgIpc) is 2.79. The zero-order chi connectivity index (χ0) is 15.1. The zero-order valence-electron chi connectivity index (χ0n) is 11.7. The lowest BCUT2D eigenvalue weighted by Gasteiger charge is -2.16. The van der Waals surface area contributed by atoms with Gasteiger partial charge in [-0.2, -0.15) is 0 Å². The molecule has 6 heteroatoms.